The van der Waals surface area contributed by atoms with Gasteiger partial charge in [0.1, 0.15) is 0 Å². The molecule has 0 atom stereocenters. The normalized spacial score (nSPS) is 11.2. The highest BCUT2D eigenvalue weighted by Crippen LogP contribution is 2.22. The second-order valence-electron chi connectivity index (χ2n) is 6.74. The summed E-state index contributed by atoms with van der Waals surface area (Å²) in [5.41, 5.74) is 5.01. The van der Waals surface area contributed by atoms with E-state index in [2.05, 4.69) is 48.4 Å². The number of carbonyl (C=O) groups excluding carboxylic acids is 1. The molecule has 0 amide bonds. The number of likely N-dealkylation sites (N-methyl/N-ethyl adjacent to an activating group) is 1. The third kappa shape index (κ3) is 5.02. The van der Waals surface area contributed by atoms with E-state index in [0.717, 1.165) is 29.8 Å². The summed E-state index contributed by atoms with van der Waals surface area (Å²) in [5.74, 6) is 0.0571. The van der Waals surface area contributed by atoms with Crippen LogP contribution >= 0.6 is 0 Å². The summed E-state index contributed by atoms with van der Waals surface area (Å²) >= 11 is 0. The van der Waals surface area contributed by atoms with Gasteiger partial charge >= 0.3 is 0 Å². The maximum absolute atomic E-state index is 12.5. The van der Waals surface area contributed by atoms with Gasteiger partial charge < -0.3 is 0 Å². The van der Waals surface area contributed by atoms with Crippen LogP contribution < -0.4 is 0 Å². The van der Waals surface area contributed by atoms with E-state index in [4.69, 9.17) is 0 Å². The van der Waals surface area contributed by atoms with Gasteiger partial charge in [0.15, 0.2) is 5.78 Å². The van der Waals surface area contributed by atoms with Gasteiger partial charge in [0.25, 0.3) is 0 Å². The number of ketones is 1. The molecule has 136 valence electrons. The molecule has 0 aliphatic heterocycles. The minimum Gasteiger partial charge on any atom is -0.298 e. The number of allylic oxidation sites excluding steroid dienone is 1. The van der Waals surface area contributed by atoms with Crippen molar-refractivity contribution in [2.75, 3.05) is 13.6 Å². The zero-order chi connectivity index (χ0) is 19.1. The van der Waals surface area contributed by atoms with Crippen LogP contribution in [0.4, 0.5) is 0 Å². The van der Waals surface area contributed by atoms with Crippen LogP contribution in [0.25, 0.3) is 11.1 Å². The minimum atomic E-state index is 0.0571. The number of carbonyl (C=O) groups is 1. The van der Waals surface area contributed by atoms with Gasteiger partial charge in [-0.05, 0) is 30.7 Å². The van der Waals surface area contributed by atoms with Gasteiger partial charge in [-0.2, -0.15) is 0 Å². The highest BCUT2D eigenvalue weighted by Gasteiger charge is 2.08. The third-order valence-corrected chi connectivity index (χ3v) is 4.58. The molecule has 2 nitrogen and oxygen atoms in total. The van der Waals surface area contributed by atoms with Crippen LogP contribution in [0.3, 0.4) is 0 Å². The standard InChI is InChI=1S/C25H25NO/c1-3-4-18-26(2)19-20-10-12-21(13-11-20)22-14-16-24(17-15-22)25(27)23-8-6-5-7-9-23/h3-17H,18-19H2,1-2H3. The van der Waals surface area contributed by atoms with E-state index in [1.54, 1.807) is 0 Å². The van der Waals surface area contributed by atoms with Gasteiger partial charge in [-0.1, -0.05) is 91.0 Å². The van der Waals surface area contributed by atoms with Crippen molar-refractivity contribution in [1.82, 2.24) is 4.90 Å². The first kappa shape index (κ1) is 18.8. The Balaban J connectivity index is 1.69. The van der Waals surface area contributed by atoms with Crippen molar-refractivity contribution < 1.29 is 4.79 Å². The summed E-state index contributed by atoms with van der Waals surface area (Å²) in [6, 6.07) is 25.9. The van der Waals surface area contributed by atoms with Crippen LogP contribution in [0, 0.1) is 0 Å². The molecule has 0 saturated heterocycles. The summed E-state index contributed by atoms with van der Waals surface area (Å²) in [7, 11) is 2.12. The Labute approximate surface area is 161 Å². The SMILES string of the molecule is CC=CCN(C)Cc1ccc(-c2ccc(C(=O)c3ccccc3)cc2)cc1. The second kappa shape index (κ2) is 9.11. The summed E-state index contributed by atoms with van der Waals surface area (Å²) in [6.07, 6.45) is 4.23. The fraction of sp³-hybridized carbons (Fsp3) is 0.160. The van der Waals surface area contributed by atoms with Crippen molar-refractivity contribution in [2.45, 2.75) is 13.5 Å². The van der Waals surface area contributed by atoms with Crippen LogP contribution in [-0.2, 0) is 6.54 Å². The molecule has 0 spiro atoms. The van der Waals surface area contributed by atoms with Crippen LogP contribution in [-0.4, -0.2) is 24.3 Å². The van der Waals surface area contributed by atoms with Crippen molar-refractivity contribution >= 4 is 5.78 Å². The lowest BCUT2D eigenvalue weighted by Crippen LogP contribution is -2.17. The molecule has 0 unspecified atom stereocenters. The maximum Gasteiger partial charge on any atom is 0.193 e. The molecule has 0 radical (unpaired) electrons. The van der Waals surface area contributed by atoms with E-state index >= 15 is 0 Å². The average molecular weight is 355 g/mol. The molecular formula is C25H25NO. The molecular weight excluding hydrogens is 330 g/mol. The van der Waals surface area contributed by atoms with Crippen molar-refractivity contribution in [2.24, 2.45) is 0 Å². The monoisotopic (exact) mass is 355 g/mol. The highest BCUT2D eigenvalue weighted by atomic mass is 16.1. The molecule has 2 heteroatoms. The minimum absolute atomic E-state index is 0.0571. The van der Waals surface area contributed by atoms with Crippen LogP contribution in [0.15, 0.2) is 91.0 Å². The molecule has 3 aromatic carbocycles. The smallest absolute Gasteiger partial charge is 0.193 e. The zero-order valence-electron chi connectivity index (χ0n) is 15.9. The first-order valence-corrected chi connectivity index (χ1v) is 9.26. The molecule has 0 aromatic heterocycles. The summed E-state index contributed by atoms with van der Waals surface area (Å²) in [4.78, 5) is 14.8. The molecule has 3 rings (SSSR count). The highest BCUT2D eigenvalue weighted by molar-refractivity contribution is 6.09. The fourth-order valence-corrected chi connectivity index (χ4v) is 3.03. The van der Waals surface area contributed by atoms with Crippen molar-refractivity contribution in [3.8, 4) is 11.1 Å². The van der Waals surface area contributed by atoms with E-state index in [0.29, 0.717) is 5.56 Å². The molecule has 0 fully saturated rings. The molecule has 0 saturated carbocycles. The lowest BCUT2D eigenvalue weighted by Gasteiger charge is -2.14. The quantitative estimate of drug-likeness (QED) is 0.406. The molecule has 0 aliphatic rings. The summed E-state index contributed by atoms with van der Waals surface area (Å²) < 4.78 is 0. The average Bonchev–Trinajstić information content (AvgIpc) is 2.73. The molecule has 0 heterocycles. The van der Waals surface area contributed by atoms with E-state index in [1.807, 2.05) is 61.5 Å². The number of rotatable bonds is 7. The van der Waals surface area contributed by atoms with Crippen LogP contribution in [0.1, 0.15) is 28.4 Å². The van der Waals surface area contributed by atoms with Gasteiger partial charge in [0.2, 0.25) is 0 Å². The Bertz CT molecular complexity index is 893. The molecule has 0 N–H and O–H groups in total. The Morgan fingerprint density at radius 2 is 1.37 bits per heavy atom. The van der Waals surface area contributed by atoms with E-state index in [1.165, 1.54) is 5.56 Å². The Hall–Kier alpha value is -2.97. The third-order valence-electron chi connectivity index (χ3n) is 4.58. The number of hydrogen-bond donors (Lipinski definition) is 0. The second-order valence-corrected chi connectivity index (χ2v) is 6.74. The molecule has 0 aliphatic carbocycles. The van der Waals surface area contributed by atoms with Gasteiger partial charge in [-0.25, -0.2) is 0 Å². The number of benzene rings is 3. The first-order chi connectivity index (χ1) is 13.2. The maximum atomic E-state index is 12.5. The van der Waals surface area contributed by atoms with Crippen molar-refractivity contribution in [3.63, 3.8) is 0 Å². The van der Waals surface area contributed by atoms with Crippen LogP contribution in [0.2, 0.25) is 0 Å². The van der Waals surface area contributed by atoms with Gasteiger partial charge in [0, 0.05) is 24.2 Å². The topological polar surface area (TPSA) is 20.3 Å². The van der Waals surface area contributed by atoms with Crippen LogP contribution in [0.5, 0.6) is 0 Å². The lowest BCUT2D eigenvalue weighted by molar-refractivity contribution is 0.103. The van der Waals surface area contributed by atoms with Gasteiger partial charge in [-0.3, -0.25) is 9.69 Å². The molecule has 27 heavy (non-hydrogen) atoms. The van der Waals surface area contributed by atoms with E-state index in [9.17, 15) is 4.79 Å². The van der Waals surface area contributed by atoms with Gasteiger partial charge in [-0.15, -0.1) is 0 Å². The van der Waals surface area contributed by atoms with E-state index in [-0.39, 0.29) is 5.78 Å². The summed E-state index contributed by atoms with van der Waals surface area (Å²) in [6.45, 7) is 3.92. The Morgan fingerprint density at radius 3 is 1.96 bits per heavy atom. The van der Waals surface area contributed by atoms with E-state index < -0.39 is 0 Å². The number of hydrogen-bond acceptors (Lipinski definition) is 2. The lowest BCUT2D eigenvalue weighted by atomic mass is 9.99. The largest absolute Gasteiger partial charge is 0.298 e. The molecule has 3 aromatic rings. The van der Waals surface area contributed by atoms with Gasteiger partial charge in [0.05, 0.1) is 0 Å². The Morgan fingerprint density at radius 1 is 0.815 bits per heavy atom. The predicted octanol–water partition coefficient (Wildman–Crippen LogP) is 5.59. The summed E-state index contributed by atoms with van der Waals surface area (Å²) in [5, 5.41) is 0. The molecule has 0 bridgehead atoms. The fourth-order valence-electron chi connectivity index (χ4n) is 3.03. The first-order valence-electron chi connectivity index (χ1n) is 9.26. The van der Waals surface area contributed by atoms with Crippen molar-refractivity contribution in [1.29, 1.82) is 0 Å². The van der Waals surface area contributed by atoms with Crippen molar-refractivity contribution in [3.05, 3.63) is 108 Å². The predicted molar refractivity (Wildman–Crippen MR) is 113 cm³/mol. The Kier molecular flexibility index (Phi) is 6.35. The zero-order valence-corrected chi connectivity index (χ0v) is 15.9. The number of nitrogens with zero attached hydrogens (tertiary/aromatic N) is 1.